The van der Waals surface area contributed by atoms with Crippen LogP contribution in [0.4, 0.5) is 0 Å². The molecule has 0 fully saturated rings. The number of nitrogens with one attached hydrogen (secondary N) is 1. The van der Waals surface area contributed by atoms with E-state index in [9.17, 15) is 0 Å². The van der Waals surface area contributed by atoms with Gasteiger partial charge in [0.15, 0.2) is 0 Å². The molecule has 12 heavy (non-hydrogen) atoms. The molecule has 0 bridgehead atoms. The van der Waals surface area contributed by atoms with Gasteiger partial charge in [-0.05, 0) is 31.0 Å². The highest BCUT2D eigenvalue weighted by atomic mass is 14.8. The fourth-order valence-corrected chi connectivity index (χ4v) is 1.38. The summed E-state index contributed by atoms with van der Waals surface area (Å²) in [6, 6.07) is 4.23. The zero-order valence-electron chi connectivity index (χ0n) is 7.39. The van der Waals surface area contributed by atoms with Crippen LogP contribution in [0.5, 0.6) is 0 Å². The van der Waals surface area contributed by atoms with Gasteiger partial charge in [-0.2, -0.15) is 0 Å². The Balaban J connectivity index is 2.66. The van der Waals surface area contributed by atoms with Crippen molar-refractivity contribution in [1.29, 1.82) is 0 Å². The zero-order valence-corrected chi connectivity index (χ0v) is 7.39. The molecule has 2 heteroatoms. The number of hydrogen-bond donors (Lipinski definition) is 1. The summed E-state index contributed by atoms with van der Waals surface area (Å²) in [4.78, 5) is 7.61. The Kier molecular flexibility index (Phi) is 1.61. The van der Waals surface area contributed by atoms with Crippen LogP contribution in [-0.2, 0) is 6.42 Å². The highest BCUT2D eigenvalue weighted by Crippen LogP contribution is 2.13. The van der Waals surface area contributed by atoms with Crippen LogP contribution in [0, 0.1) is 6.92 Å². The van der Waals surface area contributed by atoms with E-state index in [1.54, 1.807) is 0 Å². The monoisotopic (exact) mass is 160 g/mol. The summed E-state index contributed by atoms with van der Waals surface area (Å²) in [5.74, 6) is 0. The largest absolute Gasteiger partial charge is 0.357 e. The van der Waals surface area contributed by atoms with Gasteiger partial charge in [0, 0.05) is 11.9 Å². The van der Waals surface area contributed by atoms with E-state index in [-0.39, 0.29) is 0 Å². The van der Waals surface area contributed by atoms with E-state index in [2.05, 4.69) is 29.0 Å². The molecule has 2 rings (SSSR count). The first kappa shape index (κ1) is 7.35. The third-order valence-corrected chi connectivity index (χ3v) is 2.07. The molecule has 0 saturated carbocycles. The van der Waals surface area contributed by atoms with E-state index in [0.29, 0.717) is 0 Å². The third-order valence-electron chi connectivity index (χ3n) is 2.07. The molecule has 0 aromatic carbocycles. The van der Waals surface area contributed by atoms with Crippen molar-refractivity contribution in [2.75, 3.05) is 0 Å². The summed E-state index contributed by atoms with van der Waals surface area (Å²) in [6.45, 7) is 4.19. The summed E-state index contributed by atoms with van der Waals surface area (Å²) >= 11 is 0. The SMILES string of the molecule is CCc1cnc2cc(C)[nH]c2c1. The Morgan fingerprint density at radius 3 is 3.00 bits per heavy atom. The van der Waals surface area contributed by atoms with Crippen LogP contribution in [0.3, 0.4) is 0 Å². The summed E-state index contributed by atoms with van der Waals surface area (Å²) in [5, 5.41) is 0. The number of pyridine rings is 1. The normalized spacial score (nSPS) is 10.8. The van der Waals surface area contributed by atoms with Gasteiger partial charge in [0.25, 0.3) is 0 Å². The van der Waals surface area contributed by atoms with Crippen molar-refractivity contribution < 1.29 is 0 Å². The summed E-state index contributed by atoms with van der Waals surface area (Å²) < 4.78 is 0. The maximum Gasteiger partial charge on any atom is 0.0881 e. The van der Waals surface area contributed by atoms with Crippen molar-refractivity contribution >= 4 is 11.0 Å². The number of aromatic nitrogens is 2. The van der Waals surface area contributed by atoms with Crippen molar-refractivity contribution in [1.82, 2.24) is 9.97 Å². The number of H-pyrrole nitrogens is 1. The zero-order chi connectivity index (χ0) is 8.55. The smallest absolute Gasteiger partial charge is 0.0881 e. The molecule has 62 valence electrons. The first-order valence-electron chi connectivity index (χ1n) is 4.24. The van der Waals surface area contributed by atoms with E-state index in [1.807, 2.05) is 13.1 Å². The molecule has 0 aliphatic rings. The predicted octanol–water partition coefficient (Wildman–Crippen LogP) is 2.43. The highest BCUT2D eigenvalue weighted by molar-refractivity contribution is 5.76. The molecule has 2 aromatic rings. The first-order chi connectivity index (χ1) is 5.79. The first-order valence-corrected chi connectivity index (χ1v) is 4.24. The molecule has 2 heterocycles. The summed E-state index contributed by atoms with van der Waals surface area (Å²) in [7, 11) is 0. The molecule has 0 atom stereocenters. The van der Waals surface area contributed by atoms with Crippen LogP contribution in [0.2, 0.25) is 0 Å². The highest BCUT2D eigenvalue weighted by Gasteiger charge is 1.98. The van der Waals surface area contributed by atoms with Crippen molar-refractivity contribution in [3.05, 3.63) is 29.6 Å². The standard InChI is InChI=1S/C10H12N2/c1-3-8-5-10-9(11-6-8)4-7(2)12-10/h4-6,12H,3H2,1-2H3. The Morgan fingerprint density at radius 2 is 2.25 bits per heavy atom. The Morgan fingerprint density at radius 1 is 1.42 bits per heavy atom. The number of rotatable bonds is 1. The average molecular weight is 160 g/mol. The number of aryl methyl sites for hydroxylation is 2. The van der Waals surface area contributed by atoms with Gasteiger partial charge in [-0.25, -0.2) is 0 Å². The molecule has 0 radical (unpaired) electrons. The Hall–Kier alpha value is -1.31. The van der Waals surface area contributed by atoms with E-state index >= 15 is 0 Å². The van der Waals surface area contributed by atoms with Gasteiger partial charge in [0.05, 0.1) is 11.0 Å². The van der Waals surface area contributed by atoms with Crippen molar-refractivity contribution in [2.24, 2.45) is 0 Å². The average Bonchev–Trinajstić information content (AvgIpc) is 2.43. The minimum absolute atomic E-state index is 1.04. The van der Waals surface area contributed by atoms with Crippen LogP contribution in [0.1, 0.15) is 18.2 Å². The molecule has 0 aliphatic carbocycles. The van der Waals surface area contributed by atoms with Gasteiger partial charge in [-0.1, -0.05) is 6.92 Å². The minimum Gasteiger partial charge on any atom is -0.357 e. The lowest BCUT2D eigenvalue weighted by molar-refractivity contribution is 1.12. The lowest BCUT2D eigenvalue weighted by Crippen LogP contribution is -1.82. The fourth-order valence-electron chi connectivity index (χ4n) is 1.38. The molecule has 2 aromatic heterocycles. The number of nitrogens with zero attached hydrogens (tertiary/aromatic N) is 1. The van der Waals surface area contributed by atoms with Gasteiger partial charge in [0.2, 0.25) is 0 Å². The second kappa shape index (κ2) is 2.63. The van der Waals surface area contributed by atoms with Gasteiger partial charge < -0.3 is 4.98 Å². The molecule has 0 unspecified atom stereocenters. The quantitative estimate of drug-likeness (QED) is 0.682. The van der Waals surface area contributed by atoms with Gasteiger partial charge in [-0.3, -0.25) is 4.98 Å². The minimum atomic E-state index is 1.04. The molecule has 2 nitrogen and oxygen atoms in total. The van der Waals surface area contributed by atoms with Crippen LogP contribution in [0.15, 0.2) is 18.3 Å². The summed E-state index contributed by atoms with van der Waals surface area (Å²) in [5.41, 5.74) is 4.66. The van der Waals surface area contributed by atoms with Crippen molar-refractivity contribution in [3.63, 3.8) is 0 Å². The lowest BCUT2D eigenvalue weighted by Gasteiger charge is -1.94. The maximum absolute atomic E-state index is 4.34. The van der Waals surface area contributed by atoms with Crippen LogP contribution in [0.25, 0.3) is 11.0 Å². The molecule has 1 N–H and O–H groups in total. The van der Waals surface area contributed by atoms with Gasteiger partial charge >= 0.3 is 0 Å². The molecule has 0 saturated heterocycles. The maximum atomic E-state index is 4.34. The van der Waals surface area contributed by atoms with Crippen LogP contribution in [-0.4, -0.2) is 9.97 Å². The Labute approximate surface area is 71.6 Å². The molecule has 0 spiro atoms. The lowest BCUT2D eigenvalue weighted by atomic mass is 10.2. The third kappa shape index (κ3) is 1.09. The molecule has 0 aliphatic heterocycles. The Bertz CT molecular complexity index is 401. The van der Waals surface area contributed by atoms with E-state index < -0.39 is 0 Å². The molecular formula is C10H12N2. The number of hydrogen-bond acceptors (Lipinski definition) is 1. The predicted molar refractivity (Wildman–Crippen MR) is 50.2 cm³/mol. The molecular weight excluding hydrogens is 148 g/mol. The number of aromatic amines is 1. The second-order valence-electron chi connectivity index (χ2n) is 3.08. The van der Waals surface area contributed by atoms with Crippen LogP contribution < -0.4 is 0 Å². The summed E-state index contributed by atoms with van der Waals surface area (Å²) in [6.07, 6.45) is 2.98. The van der Waals surface area contributed by atoms with Crippen molar-refractivity contribution in [2.45, 2.75) is 20.3 Å². The topological polar surface area (TPSA) is 28.7 Å². The van der Waals surface area contributed by atoms with E-state index in [1.165, 1.54) is 11.3 Å². The van der Waals surface area contributed by atoms with Gasteiger partial charge in [-0.15, -0.1) is 0 Å². The number of fused-ring (bicyclic) bond motifs is 1. The van der Waals surface area contributed by atoms with E-state index in [4.69, 9.17) is 0 Å². The van der Waals surface area contributed by atoms with Gasteiger partial charge in [0.1, 0.15) is 0 Å². The fraction of sp³-hybridized carbons (Fsp3) is 0.300. The van der Waals surface area contributed by atoms with Crippen molar-refractivity contribution in [3.8, 4) is 0 Å². The molecule has 0 amide bonds. The van der Waals surface area contributed by atoms with Crippen LogP contribution >= 0.6 is 0 Å². The second-order valence-corrected chi connectivity index (χ2v) is 3.08. The van der Waals surface area contributed by atoms with E-state index in [0.717, 1.165) is 17.5 Å².